The van der Waals surface area contributed by atoms with E-state index in [4.69, 9.17) is 9.47 Å². The second kappa shape index (κ2) is 7.62. The summed E-state index contributed by atoms with van der Waals surface area (Å²) in [5, 5.41) is 6.11. The summed E-state index contributed by atoms with van der Waals surface area (Å²) in [4.78, 5) is 11.3. The fourth-order valence-electron chi connectivity index (χ4n) is 1.79. The van der Waals surface area contributed by atoms with Gasteiger partial charge in [-0.15, -0.1) is 0 Å². The lowest BCUT2D eigenvalue weighted by Crippen LogP contribution is -2.13. The van der Waals surface area contributed by atoms with Gasteiger partial charge in [-0.3, -0.25) is 4.79 Å². The van der Waals surface area contributed by atoms with Crippen molar-refractivity contribution in [2.24, 2.45) is 5.92 Å². The molecule has 0 aromatic heterocycles. The van der Waals surface area contributed by atoms with Crippen molar-refractivity contribution in [2.75, 3.05) is 30.9 Å². The molecule has 5 heteroatoms. The maximum Gasteiger partial charge on any atom is 0.221 e. The van der Waals surface area contributed by atoms with Crippen LogP contribution in [-0.4, -0.2) is 26.2 Å². The zero-order chi connectivity index (χ0) is 15.1. The van der Waals surface area contributed by atoms with Gasteiger partial charge in [0.2, 0.25) is 5.91 Å². The van der Waals surface area contributed by atoms with E-state index in [2.05, 4.69) is 24.5 Å². The van der Waals surface area contributed by atoms with Gasteiger partial charge in [-0.25, -0.2) is 0 Å². The summed E-state index contributed by atoms with van der Waals surface area (Å²) in [6, 6.07) is 3.60. The zero-order valence-electron chi connectivity index (χ0n) is 12.9. The summed E-state index contributed by atoms with van der Waals surface area (Å²) in [7, 11) is 1.61. The molecular formula is C15H24N2O3. The maximum atomic E-state index is 11.3. The van der Waals surface area contributed by atoms with Gasteiger partial charge in [-0.2, -0.15) is 0 Å². The van der Waals surface area contributed by atoms with E-state index in [1.54, 1.807) is 13.2 Å². The van der Waals surface area contributed by atoms with Crippen molar-refractivity contribution in [3.63, 3.8) is 0 Å². The summed E-state index contributed by atoms with van der Waals surface area (Å²) in [6.45, 7) is 8.93. The summed E-state index contributed by atoms with van der Waals surface area (Å²) >= 11 is 0. The zero-order valence-corrected chi connectivity index (χ0v) is 12.9. The number of amides is 1. The molecule has 0 atom stereocenters. The van der Waals surface area contributed by atoms with Crippen LogP contribution in [0.2, 0.25) is 0 Å². The normalized spacial score (nSPS) is 10.3. The van der Waals surface area contributed by atoms with E-state index in [9.17, 15) is 4.79 Å². The molecule has 2 N–H and O–H groups in total. The van der Waals surface area contributed by atoms with Crippen LogP contribution < -0.4 is 20.1 Å². The van der Waals surface area contributed by atoms with Crippen molar-refractivity contribution in [3.8, 4) is 11.5 Å². The molecule has 0 radical (unpaired) electrons. The van der Waals surface area contributed by atoms with Crippen LogP contribution in [0.3, 0.4) is 0 Å². The van der Waals surface area contributed by atoms with E-state index in [1.165, 1.54) is 6.92 Å². The molecular weight excluding hydrogens is 256 g/mol. The first-order valence-electron chi connectivity index (χ1n) is 6.84. The molecule has 0 fully saturated rings. The molecule has 1 rings (SSSR count). The Bertz CT molecular complexity index is 459. The number of carbonyl (C=O) groups excluding carboxylic acids is 1. The highest BCUT2D eigenvalue weighted by Gasteiger charge is 2.16. The first kappa shape index (κ1) is 16.1. The molecule has 20 heavy (non-hydrogen) atoms. The van der Waals surface area contributed by atoms with E-state index >= 15 is 0 Å². The van der Waals surface area contributed by atoms with Crippen molar-refractivity contribution in [3.05, 3.63) is 12.1 Å². The number of carbonyl (C=O) groups is 1. The maximum absolute atomic E-state index is 11.3. The quantitative estimate of drug-likeness (QED) is 0.805. The van der Waals surface area contributed by atoms with Crippen LogP contribution in [-0.2, 0) is 4.79 Å². The Morgan fingerprint density at radius 3 is 2.55 bits per heavy atom. The van der Waals surface area contributed by atoms with Gasteiger partial charge >= 0.3 is 0 Å². The van der Waals surface area contributed by atoms with Gasteiger partial charge in [0.15, 0.2) is 5.75 Å². The molecule has 0 aliphatic heterocycles. The van der Waals surface area contributed by atoms with Crippen molar-refractivity contribution >= 4 is 17.3 Å². The average molecular weight is 280 g/mol. The van der Waals surface area contributed by atoms with E-state index in [-0.39, 0.29) is 5.91 Å². The van der Waals surface area contributed by atoms with Gasteiger partial charge in [0, 0.05) is 13.5 Å². The molecule has 0 aliphatic carbocycles. The number of rotatable bonds is 7. The second-order valence-corrected chi connectivity index (χ2v) is 4.91. The van der Waals surface area contributed by atoms with E-state index in [0.29, 0.717) is 29.7 Å². The van der Waals surface area contributed by atoms with Crippen LogP contribution in [0, 0.1) is 5.92 Å². The molecule has 0 saturated carbocycles. The molecule has 0 aliphatic rings. The van der Waals surface area contributed by atoms with Crippen molar-refractivity contribution in [1.29, 1.82) is 0 Å². The van der Waals surface area contributed by atoms with Crippen molar-refractivity contribution < 1.29 is 14.3 Å². The topological polar surface area (TPSA) is 59.6 Å². The fraction of sp³-hybridized carbons (Fsp3) is 0.533. The highest BCUT2D eigenvalue weighted by molar-refractivity contribution is 5.93. The highest BCUT2D eigenvalue weighted by Crippen LogP contribution is 2.41. The lowest BCUT2D eigenvalue weighted by molar-refractivity contribution is -0.114. The average Bonchev–Trinajstić information content (AvgIpc) is 2.38. The van der Waals surface area contributed by atoms with Crippen molar-refractivity contribution in [1.82, 2.24) is 0 Å². The minimum Gasteiger partial charge on any atom is -0.494 e. The Morgan fingerprint density at radius 2 is 2.05 bits per heavy atom. The van der Waals surface area contributed by atoms with Gasteiger partial charge in [-0.05, 0) is 25.0 Å². The monoisotopic (exact) mass is 280 g/mol. The molecule has 0 unspecified atom stereocenters. The molecule has 1 aromatic rings. The third-order valence-electron chi connectivity index (χ3n) is 2.63. The predicted molar refractivity (Wildman–Crippen MR) is 81.8 cm³/mol. The summed E-state index contributed by atoms with van der Waals surface area (Å²) in [5.41, 5.74) is 1.42. The third kappa shape index (κ3) is 4.33. The smallest absolute Gasteiger partial charge is 0.221 e. The van der Waals surface area contributed by atoms with Crippen molar-refractivity contribution in [2.45, 2.75) is 27.7 Å². The Balaban J connectivity index is 3.20. The first-order valence-corrected chi connectivity index (χ1v) is 6.84. The van der Waals surface area contributed by atoms with E-state index < -0.39 is 0 Å². The molecule has 0 bridgehead atoms. The van der Waals surface area contributed by atoms with Crippen LogP contribution >= 0.6 is 0 Å². The van der Waals surface area contributed by atoms with Crippen LogP contribution in [0.25, 0.3) is 0 Å². The minimum atomic E-state index is -0.133. The molecule has 1 aromatic carbocycles. The number of ether oxygens (including phenoxy) is 2. The number of hydrogen-bond donors (Lipinski definition) is 2. The lowest BCUT2D eigenvalue weighted by Gasteiger charge is -2.20. The number of hydrogen-bond acceptors (Lipinski definition) is 4. The van der Waals surface area contributed by atoms with Gasteiger partial charge < -0.3 is 20.1 Å². The second-order valence-electron chi connectivity index (χ2n) is 4.91. The Morgan fingerprint density at radius 1 is 1.35 bits per heavy atom. The van der Waals surface area contributed by atoms with Gasteiger partial charge in [0.05, 0.1) is 19.4 Å². The summed E-state index contributed by atoms with van der Waals surface area (Å²) in [5.74, 6) is 1.66. The number of methoxy groups -OCH3 is 1. The lowest BCUT2D eigenvalue weighted by atomic mass is 10.2. The summed E-state index contributed by atoms with van der Waals surface area (Å²) < 4.78 is 11.1. The fourth-order valence-corrected chi connectivity index (χ4v) is 1.79. The highest BCUT2D eigenvalue weighted by atomic mass is 16.5. The van der Waals surface area contributed by atoms with E-state index in [1.807, 2.05) is 13.0 Å². The molecule has 1 amide bonds. The van der Waals surface area contributed by atoms with Crippen LogP contribution in [0.4, 0.5) is 11.4 Å². The predicted octanol–water partition coefficient (Wildman–Crippen LogP) is 3.12. The minimum absolute atomic E-state index is 0.133. The molecule has 0 saturated heterocycles. The molecule has 5 nitrogen and oxygen atoms in total. The van der Waals surface area contributed by atoms with Crippen LogP contribution in [0.1, 0.15) is 27.7 Å². The first-order chi connectivity index (χ1) is 9.49. The Hall–Kier alpha value is -1.91. The van der Waals surface area contributed by atoms with Gasteiger partial charge in [-0.1, -0.05) is 13.8 Å². The summed E-state index contributed by atoms with van der Waals surface area (Å²) in [6.07, 6.45) is 0. The van der Waals surface area contributed by atoms with E-state index in [0.717, 1.165) is 12.2 Å². The van der Waals surface area contributed by atoms with Crippen LogP contribution in [0.15, 0.2) is 12.1 Å². The number of benzene rings is 1. The molecule has 112 valence electrons. The van der Waals surface area contributed by atoms with Gasteiger partial charge in [0.1, 0.15) is 11.4 Å². The largest absolute Gasteiger partial charge is 0.494 e. The molecule has 0 spiro atoms. The third-order valence-corrected chi connectivity index (χ3v) is 2.63. The number of nitrogens with one attached hydrogen (secondary N) is 2. The van der Waals surface area contributed by atoms with Gasteiger partial charge in [0.25, 0.3) is 0 Å². The molecule has 0 heterocycles. The Kier molecular flexibility index (Phi) is 6.15. The van der Waals surface area contributed by atoms with Crippen LogP contribution in [0.5, 0.6) is 11.5 Å². The number of anilines is 2. The standard InChI is InChI=1S/C15H24N2O3/c1-6-20-15-12(17-11(4)18)7-8-13(19-5)14(15)16-9-10(2)3/h7-8,10,16H,6,9H2,1-5H3,(H,17,18). The SMILES string of the molecule is CCOc1c(NC(C)=O)ccc(OC)c1NCC(C)C. The Labute approximate surface area is 120 Å².